The Hall–Kier alpha value is -2.41. The van der Waals surface area contributed by atoms with E-state index in [4.69, 9.17) is 4.42 Å². The van der Waals surface area contributed by atoms with Gasteiger partial charge in [-0.1, -0.05) is 6.07 Å². The Kier molecular flexibility index (Phi) is 4.11. The largest absolute Gasteiger partial charge is 0.508 e. The number of phenolic OH excluding ortho intramolecular Hbond substituents is 1. The highest BCUT2D eigenvalue weighted by Crippen LogP contribution is 2.40. The molecule has 4 aromatic rings. The molecule has 0 aliphatic carbocycles. The molecule has 1 aliphatic heterocycles. The Bertz CT molecular complexity index is 1160. The van der Waals surface area contributed by atoms with Gasteiger partial charge < -0.3 is 9.52 Å². The minimum atomic E-state index is -0.385. The van der Waals surface area contributed by atoms with Crippen molar-refractivity contribution in [3.63, 3.8) is 0 Å². The molecule has 4 heterocycles. The molecule has 0 unspecified atom stereocenters. The number of fused-ring (bicyclic) bond motifs is 2. The van der Waals surface area contributed by atoms with Crippen molar-refractivity contribution in [1.29, 1.82) is 0 Å². The van der Waals surface area contributed by atoms with E-state index < -0.39 is 0 Å². The zero-order valence-corrected chi connectivity index (χ0v) is 16.1. The van der Waals surface area contributed by atoms with Gasteiger partial charge in [0.1, 0.15) is 11.3 Å². The maximum absolute atomic E-state index is 12.1. The first-order chi connectivity index (χ1) is 13.2. The molecule has 0 saturated carbocycles. The zero-order valence-electron chi connectivity index (χ0n) is 14.4. The first-order valence-corrected chi connectivity index (χ1v) is 10.5. The predicted octanol–water partition coefficient (Wildman–Crippen LogP) is 4.77. The average Bonchev–Trinajstić information content (AvgIpc) is 3.32. The summed E-state index contributed by atoms with van der Waals surface area (Å²) in [5.74, 6) is 0.0974. The van der Waals surface area contributed by atoms with Gasteiger partial charge in [0.05, 0.1) is 6.04 Å². The van der Waals surface area contributed by atoms with Crippen LogP contribution in [0.2, 0.25) is 0 Å². The number of aromatic hydroxyl groups is 1. The van der Waals surface area contributed by atoms with Crippen molar-refractivity contribution in [2.45, 2.75) is 19.0 Å². The van der Waals surface area contributed by atoms with E-state index >= 15 is 0 Å². The van der Waals surface area contributed by atoms with Crippen LogP contribution in [0.5, 0.6) is 5.75 Å². The number of rotatable bonds is 3. The SMILES string of the molecule is O=c1cc(CN2CCc3sccc3[C@@H]2c2cccs2)c2ccc(O)cc2o1. The second-order valence-electron chi connectivity index (χ2n) is 6.71. The van der Waals surface area contributed by atoms with Gasteiger partial charge in [-0.25, -0.2) is 4.79 Å². The highest BCUT2D eigenvalue weighted by atomic mass is 32.1. The van der Waals surface area contributed by atoms with Gasteiger partial charge in [-0.3, -0.25) is 4.90 Å². The summed E-state index contributed by atoms with van der Waals surface area (Å²) in [5.41, 5.74) is 2.35. The van der Waals surface area contributed by atoms with Crippen molar-refractivity contribution < 1.29 is 9.52 Å². The number of benzene rings is 1. The van der Waals surface area contributed by atoms with Gasteiger partial charge >= 0.3 is 5.63 Å². The fourth-order valence-corrected chi connectivity index (χ4v) is 5.67. The van der Waals surface area contributed by atoms with Gasteiger partial charge in [0.25, 0.3) is 0 Å². The molecule has 136 valence electrons. The second kappa shape index (κ2) is 6.64. The van der Waals surface area contributed by atoms with Crippen LogP contribution < -0.4 is 5.63 Å². The molecular formula is C21H17NO3S2. The third kappa shape index (κ3) is 3.00. The Labute approximate surface area is 163 Å². The highest BCUT2D eigenvalue weighted by molar-refractivity contribution is 7.10. The number of hydrogen-bond donors (Lipinski definition) is 1. The molecule has 1 N–H and O–H groups in total. The average molecular weight is 396 g/mol. The van der Waals surface area contributed by atoms with Crippen LogP contribution in [-0.2, 0) is 13.0 Å². The van der Waals surface area contributed by atoms with Crippen LogP contribution >= 0.6 is 22.7 Å². The fraction of sp³-hybridized carbons (Fsp3) is 0.190. The van der Waals surface area contributed by atoms with Crippen molar-refractivity contribution in [3.05, 3.63) is 84.5 Å². The first-order valence-electron chi connectivity index (χ1n) is 8.78. The van der Waals surface area contributed by atoms with E-state index in [-0.39, 0.29) is 17.4 Å². The number of nitrogens with zero attached hydrogens (tertiary/aromatic N) is 1. The van der Waals surface area contributed by atoms with E-state index in [9.17, 15) is 9.90 Å². The molecule has 0 radical (unpaired) electrons. The van der Waals surface area contributed by atoms with Gasteiger partial charge in [0.15, 0.2) is 0 Å². The van der Waals surface area contributed by atoms with Crippen molar-refractivity contribution in [3.8, 4) is 5.75 Å². The molecule has 4 nitrogen and oxygen atoms in total. The molecule has 3 aromatic heterocycles. The van der Waals surface area contributed by atoms with Crippen LogP contribution in [0.25, 0.3) is 11.0 Å². The van der Waals surface area contributed by atoms with Crippen LogP contribution in [0.3, 0.4) is 0 Å². The molecular weight excluding hydrogens is 378 g/mol. The predicted molar refractivity (Wildman–Crippen MR) is 109 cm³/mol. The summed E-state index contributed by atoms with van der Waals surface area (Å²) in [7, 11) is 0. The highest BCUT2D eigenvalue weighted by Gasteiger charge is 2.30. The summed E-state index contributed by atoms with van der Waals surface area (Å²) >= 11 is 3.60. The second-order valence-corrected chi connectivity index (χ2v) is 8.69. The van der Waals surface area contributed by atoms with Gasteiger partial charge in [0.2, 0.25) is 0 Å². The lowest BCUT2D eigenvalue weighted by atomic mass is 9.97. The molecule has 0 amide bonds. The molecule has 0 spiro atoms. The van der Waals surface area contributed by atoms with Gasteiger partial charge in [-0.2, -0.15) is 0 Å². The van der Waals surface area contributed by atoms with Crippen molar-refractivity contribution in [2.75, 3.05) is 6.54 Å². The van der Waals surface area contributed by atoms with Crippen LogP contribution in [0.1, 0.15) is 26.9 Å². The quantitative estimate of drug-likeness (QED) is 0.508. The van der Waals surface area contributed by atoms with E-state index in [1.807, 2.05) is 17.4 Å². The van der Waals surface area contributed by atoms with E-state index in [0.29, 0.717) is 12.1 Å². The molecule has 0 fully saturated rings. The monoisotopic (exact) mass is 395 g/mol. The topological polar surface area (TPSA) is 53.7 Å². The maximum Gasteiger partial charge on any atom is 0.336 e. The summed E-state index contributed by atoms with van der Waals surface area (Å²) < 4.78 is 5.28. The lowest BCUT2D eigenvalue weighted by Gasteiger charge is -2.35. The lowest BCUT2D eigenvalue weighted by molar-refractivity contribution is 0.209. The molecule has 1 aliphatic rings. The van der Waals surface area contributed by atoms with Crippen LogP contribution in [0.4, 0.5) is 0 Å². The first kappa shape index (κ1) is 16.7. The molecule has 1 atom stereocenters. The fourth-order valence-electron chi connectivity index (χ4n) is 3.89. The summed E-state index contributed by atoms with van der Waals surface area (Å²) in [6.45, 7) is 1.60. The van der Waals surface area contributed by atoms with Gasteiger partial charge in [-0.15, -0.1) is 22.7 Å². The molecule has 5 rings (SSSR count). The minimum Gasteiger partial charge on any atom is -0.508 e. The van der Waals surface area contributed by atoms with Gasteiger partial charge in [-0.05, 0) is 52.6 Å². The Morgan fingerprint density at radius 2 is 2.07 bits per heavy atom. The molecule has 1 aromatic carbocycles. The Morgan fingerprint density at radius 3 is 2.93 bits per heavy atom. The third-order valence-corrected chi connectivity index (χ3v) is 6.99. The van der Waals surface area contributed by atoms with E-state index in [1.165, 1.54) is 21.4 Å². The Morgan fingerprint density at radius 1 is 1.15 bits per heavy atom. The van der Waals surface area contributed by atoms with Crippen molar-refractivity contribution >= 4 is 33.6 Å². The summed E-state index contributed by atoms with van der Waals surface area (Å²) in [6, 6.07) is 13.3. The van der Waals surface area contributed by atoms with E-state index in [0.717, 1.165) is 23.9 Å². The van der Waals surface area contributed by atoms with Crippen LogP contribution in [0, 0.1) is 0 Å². The molecule has 6 heteroatoms. The minimum absolute atomic E-state index is 0.0974. The maximum atomic E-state index is 12.1. The van der Waals surface area contributed by atoms with Crippen LogP contribution in [-0.4, -0.2) is 16.6 Å². The lowest BCUT2D eigenvalue weighted by Crippen LogP contribution is -2.34. The summed E-state index contributed by atoms with van der Waals surface area (Å²) in [4.78, 5) is 17.3. The zero-order chi connectivity index (χ0) is 18.4. The Balaban J connectivity index is 1.59. The number of hydrogen-bond acceptors (Lipinski definition) is 6. The van der Waals surface area contributed by atoms with E-state index in [2.05, 4.69) is 33.9 Å². The van der Waals surface area contributed by atoms with Crippen molar-refractivity contribution in [1.82, 2.24) is 4.90 Å². The standard InChI is InChI=1S/C21H17NO3S2/c23-14-3-4-15-13(10-20(24)25-17(15)11-14)12-22-7-5-18-16(6-9-27-18)21(22)19-2-1-8-26-19/h1-4,6,8-11,21,23H,5,7,12H2/t21-/m1/s1. The van der Waals surface area contributed by atoms with E-state index in [1.54, 1.807) is 23.5 Å². The summed E-state index contributed by atoms with van der Waals surface area (Å²) in [6.07, 6.45) is 1.02. The molecule has 0 saturated heterocycles. The van der Waals surface area contributed by atoms with Crippen molar-refractivity contribution in [2.24, 2.45) is 0 Å². The smallest absolute Gasteiger partial charge is 0.336 e. The third-order valence-electron chi connectivity index (χ3n) is 5.07. The normalized spacial score (nSPS) is 17.3. The molecule has 27 heavy (non-hydrogen) atoms. The van der Waals surface area contributed by atoms with Crippen LogP contribution in [0.15, 0.2) is 62.4 Å². The number of thiophene rings is 2. The number of phenols is 1. The molecule has 0 bridgehead atoms. The summed E-state index contributed by atoms with van der Waals surface area (Å²) in [5, 5.41) is 14.9. The van der Waals surface area contributed by atoms with Gasteiger partial charge in [0, 0.05) is 40.4 Å².